The average molecular weight is 305 g/mol. The van der Waals surface area contributed by atoms with Crippen LogP contribution in [0.1, 0.15) is 27.9 Å². The molecule has 0 radical (unpaired) electrons. The largest absolute Gasteiger partial charge is 0.437 e. The van der Waals surface area contributed by atoms with Gasteiger partial charge in [-0.1, -0.05) is 11.6 Å². The van der Waals surface area contributed by atoms with Crippen molar-refractivity contribution in [3.05, 3.63) is 45.1 Å². The first-order valence-corrected chi connectivity index (χ1v) is 6.82. The minimum absolute atomic E-state index is 0.0945. The highest BCUT2D eigenvalue weighted by Gasteiger charge is 2.16. The van der Waals surface area contributed by atoms with Crippen molar-refractivity contribution in [1.82, 2.24) is 10.2 Å². The lowest BCUT2D eigenvalue weighted by Crippen LogP contribution is -2.16. The van der Waals surface area contributed by atoms with E-state index in [9.17, 15) is 0 Å². The first-order valence-electron chi connectivity index (χ1n) is 6.44. The Morgan fingerprint density at radius 2 is 1.71 bits per heavy atom. The van der Waals surface area contributed by atoms with E-state index in [1.807, 2.05) is 39.8 Å². The maximum absolute atomic E-state index is 7.71. The molecule has 0 saturated heterocycles. The van der Waals surface area contributed by atoms with Crippen molar-refractivity contribution in [1.29, 1.82) is 5.41 Å². The summed E-state index contributed by atoms with van der Waals surface area (Å²) in [7, 11) is 0. The fourth-order valence-electron chi connectivity index (χ4n) is 2.05. The molecule has 0 aliphatic carbocycles. The number of nitrogens with zero attached hydrogens (tertiary/aromatic N) is 2. The predicted octanol–water partition coefficient (Wildman–Crippen LogP) is 3.44. The van der Waals surface area contributed by atoms with E-state index < -0.39 is 0 Å². The van der Waals surface area contributed by atoms with E-state index in [0.717, 1.165) is 22.4 Å². The molecule has 2 rings (SSSR count). The summed E-state index contributed by atoms with van der Waals surface area (Å²) in [6.45, 7) is 7.46. The Hall–Kier alpha value is -2.14. The van der Waals surface area contributed by atoms with Gasteiger partial charge in [0.15, 0.2) is 0 Å². The summed E-state index contributed by atoms with van der Waals surface area (Å²) >= 11 is 6.14. The molecule has 21 heavy (non-hydrogen) atoms. The lowest BCUT2D eigenvalue weighted by Gasteiger charge is -2.13. The van der Waals surface area contributed by atoms with Gasteiger partial charge in [-0.15, -0.1) is 5.10 Å². The van der Waals surface area contributed by atoms with E-state index in [0.29, 0.717) is 16.3 Å². The summed E-state index contributed by atoms with van der Waals surface area (Å²) in [6, 6.07) is 3.63. The second kappa shape index (κ2) is 5.69. The summed E-state index contributed by atoms with van der Waals surface area (Å²) in [5.41, 5.74) is 9.43. The average Bonchev–Trinajstić information content (AvgIpc) is 2.40. The molecule has 2 aromatic rings. The van der Waals surface area contributed by atoms with Crippen LogP contribution in [0.2, 0.25) is 5.02 Å². The molecule has 5 nitrogen and oxygen atoms in total. The molecule has 0 spiro atoms. The minimum Gasteiger partial charge on any atom is -0.437 e. The van der Waals surface area contributed by atoms with Crippen molar-refractivity contribution in [2.75, 3.05) is 0 Å². The molecular formula is C15H17ClN4O. The van der Waals surface area contributed by atoms with Gasteiger partial charge in [0.2, 0.25) is 5.88 Å². The smallest absolute Gasteiger partial charge is 0.250 e. The van der Waals surface area contributed by atoms with Crippen LogP contribution in [-0.4, -0.2) is 16.0 Å². The minimum atomic E-state index is -0.0945. The number of rotatable bonds is 3. The third-order valence-corrected chi connectivity index (χ3v) is 3.91. The number of nitrogen functional groups attached to an aromatic ring is 1. The number of halogens is 1. The van der Waals surface area contributed by atoms with Crippen LogP contribution in [0, 0.1) is 33.1 Å². The molecule has 1 heterocycles. The van der Waals surface area contributed by atoms with E-state index in [1.165, 1.54) is 0 Å². The summed E-state index contributed by atoms with van der Waals surface area (Å²) in [5.74, 6) is 0.726. The molecule has 0 aliphatic rings. The van der Waals surface area contributed by atoms with Gasteiger partial charge < -0.3 is 10.5 Å². The van der Waals surface area contributed by atoms with Crippen molar-refractivity contribution in [2.45, 2.75) is 27.7 Å². The first kappa shape index (κ1) is 15.3. The highest BCUT2D eigenvalue weighted by molar-refractivity contribution is 6.32. The number of aryl methyl sites for hydroxylation is 3. The van der Waals surface area contributed by atoms with Crippen LogP contribution in [0.5, 0.6) is 11.6 Å². The van der Waals surface area contributed by atoms with Gasteiger partial charge >= 0.3 is 0 Å². The number of hydrogen-bond donors (Lipinski definition) is 2. The molecule has 0 atom stereocenters. The van der Waals surface area contributed by atoms with Gasteiger partial charge in [-0.05, 0) is 56.5 Å². The Morgan fingerprint density at radius 1 is 1.14 bits per heavy atom. The molecule has 0 aliphatic heterocycles. The standard InChI is InChI=1S/C15H17ClN4O/c1-7-5-11(6-8(2)13(7)16)21-15-12(14(17)18)9(3)10(4)19-20-15/h5-6H,1-4H3,(H3,17,18). The third kappa shape index (κ3) is 2.97. The zero-order valence-corrected chi connectivity index (χ0v) is 13.2. The fourth-order valence-corrected chi connectivity index (χ4v) is 2.16. The third-order valence-electron chi connectivity index (χ3n) is 3.32. The van der Waals surface area contributed by atoms with Gasteiger partial charge in [0, 0.05) is 5.02 Å². The topological polar surface area (TPSA) is 84.9 Å². The Kier molecular flexibility index (Phi) is 4.14. The lowest BCUT2D eigenvalue weighted by molar-refractivity contribution is 0.451. The number of hydrogen-bond acceptors (Lipinski definition) is 4. The highest BCUT2D eigenvalue weighted by atomic mass is 35.5. The first-order chi connectivity index (χ1) is 9.81. The van der Waals surface area contributed by atoms with Crippen LogP contribution in [0.25, 0.3) is 0 Å². The zero-order chi connectivity index (χ0) is 15.7. The molecule has 3 N–H and O–H groups in total. The molecule has 0 fully saturated rings. The van der Waals surface area contributed by atoms with Crippen LogP contribution in [0.4, 0.5) is 0 Å². The summed E-state index contributed by atoms with van der Waals surface area (Å²) < 4.78 is 5.77. The van der Waals surface area contributed by atoms with Crippen molar-refractivity contribution in [3.63, 3.8) is 0 Å². The van der Waals surface area contributed by atoms with Crippen molar-refractivity contribution in [2.24, 2.45) is 5.73 Å². The van der Waals surface area contributed by atoms with Gasteiger partial charge in [-0.25, -0.2) is 0 Å². The monoisotopic (exact) mass is 304 g/mol. The second-order valence-corrected chi connectivity index (χ2v) is 5.36. The number of ether oxygens (including phenoxy) is 1. The van der Waals surface area contributed by atoms with Crippen LogP contribution < -0.4 is 10.5 Å². The Balaban J connectivity index is 2.50. The molecule has 6 heteroatoms. The van der Waals surface area contributed by atoms with Gasteiger partial charge in [0.1, 0.15) is 11.6 Å². The maximum atomic E-state index is 7.71. The van der Waals surface area contributed by atoms with Crippen molar-refractivity contribution >= 4 is 17.4 Å². The Labute approximate surface area is 128 Å². The molecule has 0 unspecified atom stereocenters. The normalized spacial score (nSPS) is 10.5. The maximum Gasteiger partial charge on any atom is 0.250 e. The quantitative estimate of drug-likeness (QED) is 0.672. The second-order valence-electron chi connectivity index (χ2n) is 4.98. The summed E-state index contributed by atoms with van der Waals surface area (Å²) in [6.07, 6.45) is 0. The predicted molar refractivity (Wildman–Crippen MR) is 83.5 cm³/mol. The number of nitrogens with one attached hydrogen (secondary N) is 1. The van der Waals surface area contributed by atoms with E-state index in [4.69, 9.17) is 27.5 Å². The van der Waals surface area contributed by atoms with Crippen LogP contribution in [0.15, 0.2) is 12.1 Å². The number of aromatic nitrogens is 2. The lowest BCUT2D eigenvalue weighted by atomic mass is 10.1. The van der Waals surface area contributed by atoms with Gasteiger partial charge in [-0.2, -0.15) is 5.10 Å². The molecule has 1 aromatic carbocycles. The van der Waals surface area contributed by atoms with E-state index in [1.54, 1.807) is 0 Å². The Morgan fingerprint density at radius 3 is 2.24 bits per heavy atom. The molecular weight excluding hydrogens is 288 g/mol. The van der Waals surface area contributed by atoms with Gasteiger partial charge in [0.05, 0.1) is 11.3 Å². The van der Waals surface area contributed by atoms with Crippen LogP contribution >= 0.6 is 11.6 Å². The Bertz CT molecular complexity index is 705. The molecule has 0 saturated carbocycles. The summed E-state index contributed by atoms with van der Waals surface area (Å²) in [4.78, 5) is 0. The molecule has 110 valence electrons. The van der Waals surface area contributed by atoms with Crippen LogP contribution in [0.3, 0.4) is 0 Å². The van der Waals surface area contributed by atoms with Crippen LogP contribution in [-0.2, 0) is 0 Å². The van der Waals surface area contributed by atoms with E-state index in [-0.39, 0.29) is 11.7 Å². The number of nitrogens with two attached hydrogens (primary N) is 1. The number of amidine groups is 1. The van der Waals surface area contributed by atoms with E-state index in [2.05, 4.69) is 10.2 Å². The molecule has 1 aromatic heterocycles. The molecule has 0 bridgehead atoms. The van der Waals surface area contributed by atoms with Crippen molar-refractivity contribution < 1.29 is 4.74 Å². The number of benzene rings is 1. The summed E-state index contributed by atoms with van der Waals surface area (Å²) in [5, 5.41) is 16.5. The van der Waals surface area contributed by atoms with Gasteiger partial charge in [0.25, 0.3) is 0 Å². The van der Waals surface area contributed by atoms with E-state index >= 15 is 0 Å². The highest BCUT2D eigenvalue weighted by Crippen LogP contribution is 2.30. The SMILES string of the molecule is Cc1cc(Oc2nnc(C)c(C)c2C(=N)N)cc(C)c1Cl. The fraction of sp³-hybridized carbons (Fsp3) is 0.267. The molecule has 0 amide bonds. The zero-order valence-electron chi connectivity index (χ0n) is 12.4. The van der Waals surface area contributed by atoms with Gasteiger partial charge in [-0.3, -0.25) is 5.41 Å². The van der Waals surface area contributed by atoms with Crippen molar-refractivity contribution in [3.8, 4) is 11.6 Å².